The Morgan fingerprint density at radius 1 is 1.31 bits per heavy atom. The summed E-state index contributed by atoms with van der Waals surface area (Å²) in [6.07, 6.45) is 1.76. The monoisotopic (exact) mass is 514 g/mol. The van der Waals surface area contributed by atoms with Crippen molar-refractivity contribution in [2.75, 3.05) is 13.2 Å². The molecule has 1 aromatic heterocycles. The molecule has 0 fully saturated rings. The molecule has 1 heterocycles. The molecular weight excluding hydrogens is 487 g/mol. The summed E-state index contributed by atoms with van der Waals surface area (Å²) in [5.74, 6) is -5.94. The molecule has 0 aliphatic rings. The number of carbonyl (C=O) groups is 2. The molecule has 36 heavy (non-hydrogen) atoms. The highest BCUT2D eigenvalue weighted by atomic mass is 19.3. The fraction of sp³-hybridized carbons (Fsp3) is 0.375. The van der Waals surface area contributed by atoms with Crippen molar-refractivity contribution in [2.45, 2.75) is 32.5 Å². The number of benzene rings is 1. The molecule has 12 heteroatoms. The fourth-order valence-corrected chi connectivity index (χ4v) is 3.46. The Hall–Kier alpha value is -3.54. The third kappa shape index (κ3) is 7.00. The van der Waals surface area contributed by atoms with E-state index in [4.69, 9.17) is 5.11 Å². The average molecular weight is 514 g/mol. The van der Waals surface area contributed by atoms with Crippen LogP contribution >= 0.6 is 0 Å². The maximum absolute atomic E-state index is 14.3. The summed E-state index contributed by atoms with van der Waals surface area (Å²) >= 11 is 0. The minimum absolute atomic E-state index is 0.00566. The van der Waals surface area contributed by atoms with Gasteiger partial charge in [0.1, 0.15) is 5.69 Å². The summed E-state index contributed by atoms with van der Waals surface area (Å²) < 4.78 is 68.6. The van der Waals surface area contributed by atoms with E-state index >= 15 is 0 Å². The highest BCUT2D eigenvalue weighted by Gasteiger charge is 2.32. The lowest BCUT2D eigenvalue weighted by Gasteiger charge is -2.14. The number of hydrogen-bond acceptors (Lipinski definition) is 4. The Morgan fingerprint density at radius 3 is 2.58 bits per heavy atom. The number of allylic oxidation sites excluding steroid dienone is 1. The van der Waals surface area contributed by atoms with Crippen LogP contribution < -0.4 is 10.9 Å². The molecule has 2 unspecified atom stereocenters. The lowest BCUT2D eigenvalue weighted by molar-refractivity contribution is -0.132. The quantitative estimate of drug-likeness (QED) is 0.128. The van der Waals surface area contributed by atoms with Crippen molar-refractivity contribution in [2.24, 2.45) is 13.0 Å². The molecule has 0 radical (unpaired) electrons. The molecule has 0 aliphatic heterocycles. The average Bonchev–Trinajstić information content (AvgIpc) is 3.17. The van der Waals surface area contributed by atoms with Gasteiger partial charge in [-0.1, -0.05) is 43.4 Å². The number of carbonyl (C=O) groups excluding carboxylic acids is 1. The van der Waals surface area contributed by atoms with Gasteiger partial charge in [-0.2, -0.15) is 13.9 Å². The van der Waals surface area contributed by atoms with E-state index in [2.05, 4.69) is 10.4 Å². The SMILES string of the molecule is C/C=C(\C=C/C(C)CNC(=O)c1c(Cc2cccc(C(F)(F)CF)c2)nn(C)c1C(F)NF)C(=O)O. The Morgan fingerprint density at radius 2 is 2.00 bits per heavy atom. The molecular formula is C24H27F5N4O3. The van der Waals surface area contributed by atoms with Crippen LogP contribution in [-0.2, 0) is 24.2 Å². The summed E-state index contributed by atoms with van der Waals surface area (Å²) in [5.41, 5.74) is -0.0379. The van der Waals surface area contributed by atoms with Crippen molar-refractivity contribution in [1.29, 1.82) is 0 Å². The standard InChI is InChI=1S/C24H27F5N4O3/c1-4-16(23(35)36)9-8-14(2)12-30-22(34)19-18(32-33(3)20(19)21(26)31-29)11-15-6-5-7-17(10-15)24(27,28)13-25/h4-10,14,21,31H,11-13H2,1-3H3,(H,30,34)(H,35,36)/b9-8-,16-4+. The maximum atomic E-state index is 14.3. The molecule has 1 aromatic carbocycles. The number of nitrogens with zero attached hydrogens (tertiary/aromatic N) is 2. The van der Waals surface area contributed by atoms with Gasteiger partial charge in [-0.15, -0.1) is 10.0 Å². The number of carboxylic acid groups (broad SMARTS) is 1. The molecule has 0 saturated carbocycles. The Bertz CT molecular complexity index is 1150. The number of carboxylic acids is 1. The first kappa shape index (κ1) is 28.7. The smallest absolute Gasteiger partial charge is 0.335 e. The van der Waals surface area contributed by atoms with Gasteiger partial charge in [0.05, 0.1) is 16.8 Å². The molecule has 3 N–H and O–H groups in total. The number of amides is 1. The summed E-state index contributed by atoms with van der Waals surface area (Å²) in [5, 5.41) is 15.7. The van der Waals surface area contributed by atoms with Crippen LogP contribution in [0.4, 0.5) is 22.0 Å². The van der Waals surface area contributed by atoms with Gasteiger partial charge in [-0.05, 0) is 24.5 Å². The molecule has 0 saturated heterocycles. The Balaban J connectivity index is 2.33. The first-order valence-corrected chi connectivity index (χ1v) is 10.9. The minimum Gasteiger partial charge on any atom is -0.478 e. The van der Waals surface area contributed by atoms with Gasteiger partial charge >= 0.3 is 11.9 Å². The number of rotatable bonds is 12. The summed E-state index contributed by atoms with van der Waals surface area (Å²) in [7, 11) is 1.29. The summed E-state index contributed by atoms with van der Waals surface area (Å²) in [4.78, 5) is 24.1. The van der Waals surface area contributed by atoms with Crippen LogP contribution in [0.5, 0.6) is 0 Å². The lowest BCUT2D eigenvalue weighted by Crippen LogP contribution is -2.30. The van der Waals surface area contributed by atoms with Crippen LogP contribution in [0.15, 0.2) is 48.1 Å². The van der Waals surface area contributed by atoms with Gasteiger partial charge in [-0.3, -0.25) is 9.48 Å². The Labute approximate surface area is 204 Å². The van der Waals surface area contributed by atoms with Gasteiger partial charge < -0.3 is 10.4 Å². The maximum Gasteiger partial charge on any atom is 0.335 e. The van der Waals surface area contributed by atoms with Crippen LogP contribution in [0, 0.1) is 5.92 Å². The van der Waals surface area contributed by atoms with E-state index < -0.39 is 42.0 Å². The first-order chi connectivity index (χ1) is 16.9. The Kier molecular flexibility index (Phi) is 9.91. The normalized spacial score (nSPS) is 14.2. The molecule has 196 valence electrons. The van der Waals surface area contributed by atoms with E-state index in [9.17, 15) is 31.6 Å². The van der Waals surface area contributed by atoms with E-state index in [0.29, 0.717) is 0 Å². The zero-order chi connectivity index (χ0) is 27.0. The van der Waals surface area contributed by atoms with Crippen molar-refractivity contribution in [3.63, 3.8) is 0 Å². The number of hydrogen-bond donors (Lipinski definition) is 3. The van der Waals surface area contributed by atoms with E-state index in [1.807, 2.05) is 0 Å². The molecule has 0 aliphatic carbocycles. The summed E-state index contributed by atoms with van der Waals surface area (Å²) in [6, 6.07) is 4.87. The zero-order valence-corrected chi connectivity index (χ0v) is 19.9. The van der Waals surface area contributed by atoms with Crippen LogP contribution in [-0.4, -0.2) is 40.0 Å². The van der Waals surface area contributed by atoms with Crippen molar-refractivity contribution in [3.05, 3.63) is 76.1 Å². The van der Waals surface area contributed by atoms with Crippen molar-refractivity contribution < 1.29 is 36.7 Å². The van der Waals surface area contributed by atoms with Crippen molar-refractivity contribution >= 4 is 11.9 Å². The van der Waals surface area contributed by atoms with Crippen LogP contribution in [0.3, 0.4) is 0 Å². The van der Waals surface area contributed by atoms with Gasteiger partial charge in [0, 0.05) is 25.6 Å². The predicted molar refractivity (Wildman–Crippen MR) is 122 cm³/mol. The second-order valence-corrected chi connectivity index (χ2v) is 8.11. The number of aromatic nitrogens is 2. The summed E-state index contributed by atoms with van der Waals surface area (Å²) in [6.45, 7) is 1.40. The highest BCUT2D eigenvalue weighted by molar-refractivity contribution is 5.96. The molecule has 2 atom stereocenters. The molecule has 0 spiro atoms. The van der Waals surface area contributed by atoms with Crippen LogP contribution in [0.1, 0.15) is 53.0 Å². The zero-order valence-electron chi connectivity index (χ0n) is 19.9. The second-order valence-electron chi connectivity index (χ2n) is 8.11. The van der Waals surface area contributed by atoms with E-state index in [-0.39, 0.29) is 41.3 Å². The van der Waals surface area contributed by atoms with Gasteiger partial charge in [0.25, 0.3) is 5.91 Å². The number of nitrogens with one attached hydrogen (secondary N) is 2. The number of halogens is 5. The van der Waals surface area contributed by atoms with E-state index in [1.54, 1.807) is 19.9 Å². The molecule has 2 aromatic rings. The fourth-order valence-electron chi connectivity index (χ4n) is 3.46. The number of aliphatic carboxylic acids is 1. The molecule has 1 amide bonds. The number of alkyl halides is 4. The largest absolute Gasteiger partial charge is 0.478 e. The second kappa shape index (κ2) is 12.4. The van der Waals surface area contributed by atoms with Crippen molar-refractivity contribution in [1.82, 2.24) is 20.6 Å². The van der Waals surface area contributed by atoms with Gasteiger partial charge in [0.2, 0.25) is 6.30 Å². The molecule has 7 nitrogen and oxygen atoms in total. The molecule has 0 bridgehead atoms. The third-order valence-corrected chi connectivity index (χ3v) is 5.36. The topological polar surface area (TPSA) is 96.3 Å². The highest BCUT2D eigenvalue weighted by Crippen LogP contribution is 2.30. The van der Waals surface area contributed by atoms with E-state index in [1.165, 1.54) is 31.3 Å². The van der Waals surface area contributed by atoms with Crippen LogP contribution in [0.25, 0.3) is 0 Å². The van der Waals surface area contributed by atoms with E-state index in [0.717, 1.165) is 22.4 Å². The molecule has 2 rings (SSSR count). The van der Waals surface area contributed by atoms with Crippen LogP contribution in [0.2, 0.25) is 0 Å². The van der Waals surface area contributed by atoms with Gasteiger partial charge in [0.15, 0.2) is 6.67 Å². The third-order valence-electron chi connectivity index (χ3n) is 5.36. The number of aryl methyl sites for hydroxylation is 1. The first-order valence-electron chi connectivity index (χ1n) is 10.9. The van der Waals surface area contributed by atoms with Gasteiger partial charge in [-0.25, -0.2) is 13.6 Å². The lowest BCUT2D eigenvalue weighted by atomic mass is 10.00. The predicted octanol–water partition coefficient (Wildman–Crippen LogP) is 4.47. The van der Waals surface area contributed by atoms with Crippen molar-refractivity contribution in [3.8, 4) is 0 Å². The minimum atomic E-state index is -3.70.